The first kappa shape index (κ1) is 13.8. The standard InChI is InChI=1S/C15H22N4/c1-3-18(2)10-8-16-12-14-4-6-15(7-5-14)19-11-9-17-13-19/h4-7,9,11,13,16H,3,8,10,12H2,1-2H3. The Morgan fingerprint density at radius 2 is 2.05 bits per heavy atom. The third kappa shape index (κ3) is 4.19. The van der Waals surface area contributed by atoms with Gasteiger partial charge < -0.3 is 14.8 Å². The maximum Gasteiger partial charge on any atom is 0.0991 e. The summed E-state index contributed by atoms with van der Waals surface area (Å²) in [6.45, 7) is 6.30. The van der Waals surface area contributed by atoms with E-state index in [0.29, 0.717) is 0 Å². The summed E-state index contributed by atoms with van der Waals surface area (Å²) in [4.78, 5) is 6.35. The van der Waals surface area contributed by atoms with E-state index in [1.54, 1.807) is 6.20 Å². The van der Waals surface area contributed by atoms with Gasteiger partial charge in [0, 0.05) is 37.7 Å². The molecular formula is C15H22N4. The minimum atomic E-state index is 0.918. The molecule has 0 aliphatic heterocycles. The van der Waals surface area contributed by atoms with Gasteiger partial charge in [0.1, 0.15) is 0 Å². The van der Waals surface area contributed by atoms with E-state index in [1.165, 1.54) is 5.56 Å². The highest BCUT2D eigenvalue weighted by atomic mass is 15.1. The lowest BCUT2D eigenvalue weighted by molar-refractivity contribution is 0.349. The van der Waals surface area contributed by atoms with Gasteiger partial charge >= 0.3 is 0 Å². The van der Waals surface area contributed by atoms with Crippen molar-refractivity contribution >= 4 is 0 Å². The van der Waals surface area contributed by atoms with E-state index < -0.39 is 0 Å². The lowest BCUT2D eigenvalue weighted by atomic mass is 10.2. The van der Waals surface area contributed by atoms with E-state index in [-0.39, 0.29) is 0 Å². The van der Waals surface area contributed by atoms with Crippen molar-refractivity contribution in [1.82, 2.24) is 19.8 Å². The Morgan fingerprint density at radius 1 is 1.26 bits per heavy atom. The van der Waals surface area contributed by atoms with E-state index in [2.05, 4.69) is 53.4 Å². The fourth-order valence-electron chi connectivity index (χ4n) is 1.86. The lowest BCUT2D eigenvalue weighted by Crippen LogP contribution is -2.28. The molecule has 1 N–H and O–H groups in total. The second kappa shape index (κ2) is 7.07. The molecule has 2 aromatic rings. The topological polar surface area (TPSA) is 33.1 Å². The van der Waals surface area contributed by atoms with Crippen molar-refractivity contribution in [3.63, 3.8) is 0 Å². The van der Waals surface area contributed by atoms with Crippen molar-refractivity contribution in [2.45, 2.75) is 13.5 Å². The quantitative estimate of drug-likeness (QED) is 0.770. The molecule has 0 unspecified atom stereocenters. The monoisotopic (exact) mass is 258 g/mol. The first-order valence-corrected chi connectivity index (χ1v) is 6.76. The summed E-state index contributed by atoms with van der Waals surface area (Å²) in [6.07, 6.45) is 5.56. The number of nitrogens with one attached hydrogen (secondary N) is 1. The Bertz CT molecular complexity index is 461. The minimum Gasteiger partial charge on any atom is -0.311 e. The Morgan fingerprint density at radius 3 is 2.68 bits per heavy atom. The molecule has 4 heteroatoms. The lowest BCUT2D eigenvalue weighted by Gasteiger charge is -2.14. The van der Waals surface area contributed by atoms with Crippen molar-refractivity contribution in [3.8, 4) is 5.69 Å². The van der Waals surface area contributed by atoms with Crippen LogP contribution in [0, 0.1) is 0 Å². The summed E-state index contributed by atoms with van der Waals surface area (Å²) in [5.74, 6) is 0. The highest BCUT2D eigenvalue weighted by Gasteiger charge is 1.97. The molecule has 0 radical (unpaired) electrons. The first-order valence-electron chi connectivity index (χ1n) is 6.76. The molecule has 0 aliphatic carbocycles. The summed E-state index contributed by atoms with van der Waals surface area (Å²) >= 11 is 0. The molecule has 2 rings (SSSR count). The van der Waals surface area contributed by atoms with E-state index in [1.807, 2.05) is 17.1 Å². The predicted octanol–water partition coefficient (Wildman–Crippen LogP) is 1.91. The molecule has 0 aliphatic rings. The summed E-state index contributed by atoms with van der Waals surface area (Å²) in [5, 5.41) is 3.46. The largest absolute Gasteiger partial charge is 0.311 e. The fourth-order valence-corrected chi connectivity index (χ4v) is 1.86. The van der Waals surface area contributed by atoms with Gasteiger partial charge in [-0.25, -0.2) is 4.98 Å². The number of benzene rings is 1. The molecule has 19 heavy (non-hydrogen) atoms. The molecule has 4 nitrogen and oxygen atoms in total. The van der Waals surface area contributed by atoms with Crippen molar-refractivity contribution in [1.29, 1.82) is 0 Å². The predicted molar refractivity (Wildman–Crippen MR) is 78.4 cm³/mol. The van der Waals surface area contributed by atoms with Crippen LogP contribution in [0.3, 0.4) is 0 Å². The van der Waals surface area contributed by atoms with Crippen LogP contribution in [0.15, 0.2) is 43.0 Å². The molecule has 0 saturated heterocycles. The summed E-state index contributed by atoms with van der Waals surface area (Å²) in [7, 11) is 2.14. The van der Waals surface area contributed by atoms with Gasteiger partial charge in [-0.1, -0.05) is 19.1 Å². The number of likely N-dealkylation sites (N-methyl/N-ethyl adjacent to an activating group) is 1. The van der Waals surface area contributed by atoms with Crippen LogP contribution in [0.4, 0.5) is 0 Å². The van der Waals surface area contributed by atoms with Crippen molar-refractivity contribution in [2.75, 3.05) is 26.7 Å². The van der Waals surface area contributed by atoms with Crippen LogP contribution >= 0.6 is 0 Å². The zero-order valence-electron chi connectivity index (χ0n) is 11.7. The highest BCUT2D eigenvalue weighted by Crippen LogP contribution is 2.08. The maximum absolute atomic E-state index is 4.05. The minimum absolute atomic E-state index is 0.918. The molecule has 1 aromatic heterocycles. The summed E-state index contributed by atoms with van der Waals surface area (Å²) in [6, 6.07) is 8.56. The van der Waals surface area contributed by atoms with Gasteiger partial charge in [-0.15, -0.1) is 0 Å². The van der Waals surface area contributed by atoms with Gasteiger partial charge in [-0.3, -0.25) is 0 Å². The molecule has 0 bridgehead atoms. The molecule has 1 aromatic carbocycles. The van der Waals surface area contributed by atoms with Gasteiger partial charge in [0.25, 0.3) is 0 Å². The van der Waals surface area contributed by atoms with Crippen LogP contribution in [-0.2, 0) is 6.54 Å². The highest BCUT2D eigenvalue weighted by molar-refractivity contribution is 5.34. The zero-order chi connectivity index (χ0) is 13.5. The molecule has 0 amide bonds. The van der Waals surface area contributed by atoms with Gasteiger partial charge in [-0.05, 0) is 31.3 Å². The van der Waals surface area contributed by atoms with E-state index in [0.717, 1.165) is 31.9 Å². The molecule has 102 valence electrons. The van der Waals surface area contributed by atoms with Crippen LogP contribution in [0.25, 0.3) is 5.69 Å². The molecule has 0 fully saturated rings. The average molecular weight is 258 g/mol. The number of rotatable bonds is 7. The Labute approximate surface area is 115 Å². The molecular weight excluding hydrogens is 236 g/mol. The van der Waals surface area contributed by atoms with Crippen LogP contribution < -0.4 is 5.32 Å². The van der Waals surface area contributed by atoms with E-state index in [9.17, 15) is 0 Å². The number of hydrogen-bond acceptors (Lipinski definition) is 3. The molecule has 0 saturated carbocycles. The van der Waals surface area contributed by atoms with Crippen LogP contribution in [-0.4, -0.2) is 41.1 Å². The van der Waals surface area contributed by atoms with Crippen LogP contribution in [0.5, 0.6) is 0 Å². The normalized spacial score (nSPS) is 11.1. The molecule has 1 heterocycles. The smallest absolute Gasteiger partial charge is 0.0991 e. The average Bonchev–Trinajstić information content (AvgIpc) is 2.98. The zero-order valence-corrected chi connectivity index (χ0v) is 11.7. The second-order valence-corrected chi connectivity index (χ2v) is 4.71. The third-order valence-corrected chi connectivity index (χ3v) is 3.28. The molecule has 0 spiro atoms. The fraction of sp³-hybridized carbons (Fsp3) is 0.400. The van der Waals surface area contributed by atoms with E-state index in [4.69, 9.17) is 0 Å². The van der Waals surface area contributed by atoms with Gasteiger partial charge in [0.15, 0.2) is 0 Å². The van der Waals surface area contributed by atoms with Crippen molar-refractivity contribution in [2.24, 2.45) is 0 Å². The molecule has 0 atom stereocenters. The Balaban J connectivity index is 1.79. The summed E-state index contributed by atoms with van der Waals surface area (Å²) < 4.78 is 2.01. The first-order chi connectivity index (χ1) is 9.29. The van der Waals surface area contributed by atoms with E-state index >= 15 is 0 Å². The van der Waals surface area contributed by atoms with Crippen LogP contribution in [0.1, 0.15) is 12.5 Å². The van der Waals surface area contributed by atoms with Gasteiger partial charge in [0.05, 0.1) is 6.33 Å². The maximum atomic E-state index is 4.05. The number of nitrogens with zero attached hydrogens (tertiary/aromatic N) is 3. The number of imidazole rings is 1. The second-order valence-electron chi connectivity index (χ2n) is 4.71. The number of hydrogen-bond donors (Lipinski definition) is 1. The number of aromatic nitrogens is 2. The Hall–Kier alpha value is -1.65. The Kier molecular flexibility index (Phi) is 5.12. The summed E-state index contributed by atoms with van der Waals surface area (Å²) in [5.41, 5.74) is 2.45. The van der Waals surface area contributed by atoms with Gasteiger partial charge in [0.2, 0.25) is 0 Å². The third-order valence-electron chi connectivity index (χ3n) is 3.28. The van der Waals surface area contributed by atoms with Gasteiger partial charge in [-0.2, -0.15) is 0 Å². The van der Waals surface area contributed by atoms with Crippen LogP contribution in [0.2, 0.25) is 0 Å². The van der Waals surface area contributed by atoms with Crippen molar-refractivity contribution in [3.05, 3.63) is 48.5 Å². The SMILES string of the molecule is CCN(C)CCNCc1ccc(-n2ccnc2)cc1. The van der Waals surface area contributed by atoms with Crippen molar-refractivity contribution < 1.29 is 0 Å².